The lowest BCUT2D eigenvalue weighted by atomic mass is 10.2. The normalized spacial score (nSPS) is 15.5. The van der Waals surface area contributed by atoms with Crippen LogP contribution in [0.5, 0.6) is 5.75 Å². The van der Waals surface area contributed by atoms with Crippen molar-refractivity contribution in [2.45, 2.75) is 32.3 Å². The zero-order valence-corrected chi connectivity index (χ0v) is 12.7. The first kappa shape index (κ1) is 14.6. The minimum Gasteiger partial charge on any atom is -0.489 e. The van der Waals surface area contributed by atoms with Gasteiger partial charge in [0.2, 0.25) is 5.91 Å². The van der Waals surface area contributed by atoms with E-state index in [9.17, 15) is 4.79 Å². The van der Waals surface area contributed by atoms with Crippen LogP contribution in [0.15, 0.2) is 54.6 Å². The molecular formula is C19H21NO2. The smallest absolute Gasteiger partial charge is 0.226 e. The molecular weight excluding hydrogens is 274 g/mol. The van der Waals surface area contributed by atoms with Crippen LogP contribution < -0.4 is 9.64 Å². The van der Waals surface area contributed by atoms with Gasteiger partial charge in [-0.15, -0.1) is 0 Å². The zero-order chi connectivity index (χ0) is 15.2. The number of rotatable bonds is 4. The number of hydrogen-bond acceptors (Lipinski definition) is 2. The van der Waals surface area contributed by atoms with Crippen molar-refractivity contribution in [3.63, 3.8) is 0 Å². The average molecular weight is 295 g/mol. The molecule has 0 unspecified atom stereocenters. The molecule has 22 heavy (non-hydrogen) atoms. The van der Waals surface area contributed by atoms with Crippen LogP contribution in [0, 0.1) is 0 Å². The summed E-state index contributed by atoms with van der Waals surface area (Å²) in [6.07, 6.45) is 3.89. The van der Waals surface area contributed by atoms with Gasteiger partial charge in [-0.05, 0) is 42.7 Å². The fraction of sp³-hybridized carbons (Fsp3) is 0.316. The molecule has 1 heterocycles. The van der Waals surface area contributed by atoms with E-state index in [-0.39, 0.29) is 5.91 Å². The number of benzene rings is 2. The van der Waals surface area contributed by atoms with Crippen LogP contribution in [0.3, 0.4) is 0 Å². The molecule has 0 spiro atoms. The van der Waals surface area contributed by atoms with Gasteiger partial charge in [0, 0.05) is 18.7 Å². The fourth-order valence-corrected chi connectivity index (χ4v) is 2.72. The molecule has 3 heteroatoms. The van der Waals surface area contributed by atoms with Crippen molar-refractivity contribution in [3.05, 3.63) is 60.2 Å². The molecule has 1 aliphatic rings. The summed E-state index contributed by atoms with van der Waals surface area (Å²) < 4.78 is 5.78. The number of carbonyl (C=O) groups is 1. The highest BCUT2D eigenvalue weighted by Crippen LogP contribution is 2.23. The molecule has 0 N–H and O–H groups in total. The molecule has 114 valence electrons. The summed E-state index contributed by atoms with van der Waals surface area (Å²) in [6, 6.07) is 17.9. The molecule has 3 nitrogen and oxygen atoms in total. The third kappa shape index (κ3) is 3.67. The van der Waals surface area contributed by atoms with Crippen molar-refractivity contribution in [2.75, 3.05) is 11.4 Å². The van der Waals surface area contributed by atoms with E-state index in [4.69, 9.17) is 4.74 Å². The molecule has 0 radical (unpaired) electrons. The van der Waals surface area contributed by atoms with Crippen LogP contribution in [-0.2, 0) is 11.4 Å². The Morgan fingerprint density at radius 1 is 0.909 bits per heavy atom. The minimum absolute atomic E-state index is 0.232. The summed E-state index contributed by atoms with van der Waals surface area (Å²) in [4.78, 5) is 14.0. The van der Waals surface area contributed by atoms with Gasteiger partial charge in [-0.25, -0.2) is 0 Å². The van der Waals surface area contributed by atoms with Crippen LogP contribution in [0.1, 0.15) is 31.2 Å². The van der Waals surface area contributed by atoms with Gasteiger partial charge in [-0.1, -0.05) is 36.8 Å². The first-order valence-corrected chi connectivity index (χ1v) is 7.90. The van der Waals surface area contributed by atoms with Crippen molar-refractivity contribution in [1.82, 2.24) is 0 Å². The van der Waals surface area contributed by atoms with Crippen molar-refractivity contribution < 1.29 is 9.53 Å². The zero-order valence-electron chi connectivity index (χ0n) is 12.7. The Hall–Kier alpha value is -2.29. The Balaban J connectivity index is 1.63. The Labute approximate surface area is 131 Å². The van der Waals surface area contributed by atoms with Crippen LogP contribution in [-0.4, -0.2) is 12.5 Å². The van der Waals surface area contributed by atoms with Gasteiger partial charge < -0.3 is 9.64 Å². The van der Waals surface area contributed by atoms with E-state index in [1.165, 1.54) is 0 Å². The summed E-state index contributed by atoms with van der Waals surface area (Å²) in [5.41, 5.74) is 2.12. The predicted octanol–water partition coefficient (Wildman–Crippen LogP) is 4.17. The largest absolute Gasteiger partial charge is 0.489 e. The van der Waals surface area contributed by atoms with Crippen LogP contribution >= 0.6 is 0 Å². The van der Waals surface area contributed by atoms with Gasteiger partial charge >= 0.3 is 0 Å². The second-order valence-electron chi connectivity index (χ2n) is 5.62. The number of anilines is 1. The van der Waals surface area contributed by atoms with Crippen molar-refractivity contribution in [1.29, 1.82) is 0 Å². The number of ether oxygens (including phenoxy) is 1. The van der Waals surface area contributed by atoms with Crippen LogP contribution in [0.25, 0.3) is 0 Å². The molecule has 1 aliphatic heterocycles. The highest BCUT2D eigenvalue weighted by Gasteiger charge is 2.17. The Kier molecular flexibility index (Phi) is 4.74. The summed E-state index contributed by atoms with van der Waals surface area (Å²) >= 11 is 0. The third-order valence-electron chi connectivity index (χ3n) is 3.97. The highest BCUT2D eigenvalue weighted by atomic mass is 16.5. The van der Waals surface area contributed by atoms with E-state index >= 15 is 0 Å². The molecule has 1 saturated heterocycles. The maximum absolute atomic E-state index is 12.1. The maximum Gasteiger partial charge on any atom is 0.226 e. The Morgan fingerprint density at radius 2 is 1.68 bits per heavy atom. The molecule has 0 atom stereocenters. The second-order valence-corrected chi connectivity index (χ2v) is 5.62. The number of hydrogen-bond donors (Lipinski definition) is 0. The topological polar surface area (TPSA) is 29.5 Å². The lowest BCUT2D eigenvalue weighted by Gasteiger charge is -2.20. The monoisotopic (exact) mass is 295 g/mol. The average Bonchev–Trinajstić information content (AvgIpc) is 2.79. The van der Waals surface area contributed by atoms with Gasteiger partial charge in [0.05, 0.1) is 0 Å². The van der Waals surface area contributed by atoms with Gasteiger partial charge in [-0.2, -0.15) is 0 Å². The summed E-state index contributed by atoms with van der Waals surface area (Å²) in [5, 5.41) is 0. The Morgan fingerprint density at radius 3 is 2.45 bits per heavy atom. The summed E-state index contributed by atoms with van der Waals surface area (Å²) in [5.74, 6) is 1.06. The maximum atomic E-state index is 12.1. The molecule has 2 aromatic carbocycles. The molecule has 0 aromatic heterocycles. The molecule has 3 rings (SSSR count). The van der Waals surface area contributed by atoms with E-state index in [2.05, 4.69) is 0 Å². The Bertz CT molecular complexity index is 607. The molecule has 1 amide bonds. The van der Waals surface area contributed by atoms with E-state index < -0.39 is 0 Å². The number of nitrogens with zero attached hydrogens (tertiary/aromatic N) is 1. The molecule has 0 aliphatic carbocycles. The minimum atomic E-state index is 0.232. The van der Waals surface area contributed by atoms with Crippen LogP contribution in [0.2, 0.25) is 0 Å². The van der Waals surface area contributed by atoms with Crippen molar-refractivity contribution in [3.8, 4) is 5.75 Å². The number of carbonyl (C=O) groups excluding carboxylic acids is 1. The summed E-state index contributed by atoms with van der Waals surface area (Å²) in [6.45, 7) is 1.38. The third-order valence-corrected chi connectivity index (χ3v) is 3.97. The van der Waals surface area contributed by atoms with Crippen molar-refractivity contribution >= 4 is 11.6 Å². The van der Waals surface area contributed by atoms with Crippen molar-refractivity contribution in [2.24, 2.45) is 0 Å². The SMILES string of the molecule is O=C1CCCCCN1c1ccc(OCc2ccccc2)cc1. The fourth-order valence-electron chi connectivity index (χ4n) is 2.72. The molecule has 0 bridgehead atoms. The summed E-state index contributed by atoms with van der Waals surface area (Å²) in [7, 11) is 0. The lowest BCUT2D eigenvalue weighted by Crippen LogP contribution is -2.29. The van der Waals surface area contributed by atoms with Gasteiger partial charge in [0.25, 0.3) is 0 Å². The molecule has 2 aromatic rings. The van der Waals surface area contributed by atoms with E-state index in [1.807, 2.05) is 59.5 Å². The highest BCUT2D eigenvalue weighted by molar-refractivity contribution is 5.93. The molecule has 1 fully saturated rings. The lowest BCUT2D eigenvalue weighted by molar-refractivity contribution is -0.118. The predicted molar refractivity (Wildman–Crippen MR) is 88.0 cm³/mol. The van der Waals surface area contributed by atoms with E-state index in [1.54, 1.807) is 0 Å². The second kappa shape index (κ2) is 7.12. The van der Waals surface area contributed by atoms with E-state index in [0.717, 1.165) is 42.8 Å². The molecule has 0 saturated carbocycles. The quantitative estimate of drug-likeness (QED) is 0.847. The van der Waals surface area contributed by atoms with Gasteiger partial charge in [-0.3, -0.25) is 4.79 Å². The van der Waals surface area contributed by atoms with Crippen LogP contribution in [0.4, 0.5) is 5.69 Å². The standard InChI is InChI=1S/C19H21NO2/c21-19-9-5-2-6-14-20(19)17-10-12-18(13-11-17)22-15-16-7-3-1-4-8-16/h1,3-4,7-8,10-13H,2,5-6,9,14-15H2. The first-order valence-electron chi connectivity index (χ1n) is 7.90. The van der Waals surface area contributed by atoms with Gasteiger partial charge in [0.15, 0.2) is 0 Å². The number of amides is 1. The van der Waals surface area contributed by atoms with Gasteiger partial charge in [0.1, 0.15) is 12.4 Å². The first-order chi connectivity index (χ1) is 10.8. The van der Waals surface area contributed by atoms with E-state index in [0.29, 0.717) is 13.0 Å².